The van der Waals surface area contributed by atoms with E-state index >= 15 is 0 Å². The fraction of sp³-hybridized carbons (Fsp3) is 1.00. The standard InChI is InChI=1S/C7H16O.C6H14O.2C5H12O.C4H10O2.2C4H10O.C3H8O/c1-6(2)4-7(3)5-8;1-5(2)6(3)4-7;1-5(2,3)4-6;1-4-5(2,3)6;1-4(2-5)3-6;1-4(2)3-5;1-3-4(2)5;1-2-3-4/h6-8H,4-5H2,1-3H3;5-7H,4H2,1-3H3;2*6H,4H2,1-3H3;4-6H,2-3H2,1H3;2*4-5H,3H2,1-2H3;4H,2-3H2,1H3. The van der Waals surface area contributed by atoms with Crippen molar-refractivity contribution in [3.63, 3.8) is 0 Å². The molecule has 0 aromatic heterocycles. The zero-order valence-corrected chi connectivity index (χ0v) is 34.8. The second kappa shape index (κ2) is 47.8. The smallest absolute Gasteiger partial charge is 0.0589 e. The minimum absolute atomic E-state index is 0.0463. The van der Waals surface area contributed by atoms with Gasteiger partial charge in [0.15, 0.2) is 0 Å². The molecule has 47 heavy (non-hydrogen) atoms. The number of aliphatic hydroxyl groups is 9. The molecule has 0 bridgehead atoms. The van der Waals surface area contributed by atoms with Crippen molar-refractivity contribution in [1.29, 1.82) is 0 Å². The fourth-order valence-electron chi connectivity index (χ4n) is 1.15. The molecule has 0 spiro atoms. The summed E-state index contributed by atoms with van der Waals surface area (Å²) < 4.78 is 0. The zero-order chi connectivity index (χ0) is 39.8. The lowest BCUT2D eigenvalue weighted by atomic mass is 9.99. The third-order valence-corrected chi connectivity index (χ3v) is 5.75. The van der Waals surface area contributed by atoms with E-state index in [0.717, 1.165) is 31.6 Å². The van der Waals surface area contributed by atoms with E-state index in [1.54, 1.807) is 27.7 Å². The van der Waals surface area contributed by atoms with Crippen LogP contribution in [0.5, 0.6) is 0 Å². The van der Waals surface area contributed by atoms with Gasteiger partial charge in [-0.05, 0) is 81.5 Å². The van der Waals surface area contributed by atoms with Crippen LogP contribution in [0, 0.1) is 40.9 Å². The first-order chi connectivity index (χ1) is 21.2. The Morgan fingerprint density at radius 1 is 0.532 bits per heavy atom. The van der Waals surface area contributed by atoms with E-state index in [4.69, 9.17) is 46.0 Å². The predicted octanol–water partition coefficient (Wildman–Crippen LogP) is 6.53. The van der Waals surface area contributed by atoms with Crippen molar-refractivity contribution < 1.29 is 46.0 Å². The third-order valence-electron chi connectivity index (χ3n) is 5.75. The number of rotatable bonds is 11. The summed E-state index contributed by atoms with van der Waals surface area (Å²) in [5, 5.41) is 75.0. The van der Waals surface area contributed by atoms with Gasteiger partial charge in [0.2, 0.25) is 0 Å². The van der Waals surface area contributed by atoms with Crippen molar-refractivity contribution >= 4 is 0 Å². The van der Waals surface area contributed by atoms with E-state index in [0.29, 0.717) is 50.1 Å². The summed E-state index contributed by atoms with van der Waals surface area (Å²) >= 11 is 0. The van der Waals surface area contributed by atoms with Crippen molar-refractivity contribution in [3.05, 3.63) is 0 Å². The van der Waals surface area contributed by atoms with Crippen LogP contribution in [-0.2, 0) is 0 Å². The number of hydrogen-bond acceptors (Lipinski definition) is 9. The van der Waals surface area contributed by atoms with E-state index in [-0.39, 0.29) is 37.3 Å². The number of aliphatic hydroxyl groups excluding tert-OH is 8. The van der Waals surface area contributed by atoms with Crippen molar-refractivity contribution in [2.75, 3.05) is 46.2 Å². The van der Waals surface area contributed by atoms with Crippen LogP contribution in [0.15, 0.2) is 0 Å². The van der Waals surface area contributed by atoms with E-state index in [9.17, 15) is 0 Å². The Morgan fingerprint density at radius 3 is 0.830 bits per heavy atom. The highest BCUT2D eigenvalue weighted by atomic mass is 16.3. The average molecular weight is 693 g/mol. The lowest BCUT2D eigenvalue weighted by molar-refractivity contribution is 0.0765. The Balaban J connectivity index is -0.0000000621. The lowest BCUT2D eigenvalue weighted by Gasteiger charge is -2.11. The van der Waals surface area contributed by atoms with Gasteiger partial charge in [-0.2, -0.15) is 0 Å². The van der Waals surface area contributed by atoms with Crippen molar-refractivity contribution in [2.45, 2.75) is 162 Å². The molecule has 9 N–H and O–H groups in total. The molecule has 0 aliphatic heterocycles. The second-order valence-electron chi connectivity index (χ2n) is 15.2. The molecule has 0 aliphatic rings. The van der Waals surface area contributed by atoms with Gasteiger partial charge >= 0.3 is 0 Å². The van der Waals surface area contributed by atoms with E-state index < -0.39 is 5.60 Å². The summed E-state index contributed by atoms with van der Waals surface area (Å²) in [6, 6.07) is 0. The average Bonchev–Trinajstić information content (AvgIpc) is 3.00. The fourth-order valence-corrected chi connectivity index (χ4v) is 1.15. The second-order valence-corrected chi connectivity index (χ2v) is 15.2. The predicted molar refractivity (Wildman–Crippen MR) is 205 cm³/mol. The largest absolute Gasteiger partial charge is 0.396 e. The molecule has 298 valence electrons. The highest BCUT2D eigenvalue weighted by Crippen LogP contribution is 2.09. The quantitative estimate of drug-likeness (QED) is 0.116. The Bertz CT molecular complexity index is 459. The van der Waals surface area contributed by atoms with Gasteiger partial charge in [0.05, 0.1) is 11.7 Å². The van der Waals surface area contributed by atoms with Gasteiger partial charge in [-0.25, -0.2) is 0 Å². The van der Waals surface area contributed by atoms with Gasteiger partial charge in [0.25, 0.3) is 0 Å². The third kappa shape index (κ3) is 122. The van der Waals surface area contributed by atoms with Crippen LogP contribution >= 0.6 is 0 Å². The minimum Gasteiger partial charge on any atom is -0.396 e. The SMILES string of the molecule is CC(C)(C)CO.CC(C)C(C)CO.CC(C)CC(C)CO.CC(C)CO.CC(CO)CO.CCC(C)(C)O.CCC(C)O.CCCO. The number of hydrogen-bond donors (Lipinski definition) is 9. The first-order valence-corrected chi connectivity index (χ1v) is 17.9. The van der Waals surface area contributed by atoms with Crippen LogP contribution in [0.4, 0.5) is 0 Å². The van der Waals surface area contributed by atoms with E-state index in [1.165, 1.54) is 0 Å². The first-order valence-electron chi connectivity index (χ1n) is 17.9. The maximum Gasteiger partial charge on any atom is 0.0589 e. The Labute approximate surface area is 294 Å². The summed E-state index contributed by atoms with van der Waals surface area (Å²) in [6.07, 6.45) is 3.58. The minimum atomic E-state index is -0.458. The molecule has 0 amide bonds. The van der Waals surface area contributed by atoms with Gasteiger partial charge in [0, 0.05) is 52.2 Å². The molecule has 0 aromatic carbocycles. The van der Waals surface area contributed by atoms with Crippen molar-refractivity contribution in [3.8, 4) is 0 Å². The summed E-state index contributed by atoms with van der Waals surface area (Å²) in [5.41, 5.74) is -0.361. The van der Waals surface area contributed by atoms with Crippen LogP contribution in [0.3, 0.4) is 0 Å². The maximum atomic E-state index is 8.83. The van der Waals surface area contributed by atoms with Crippen LogP contribution in [-0.4, -0.2) is 104 Å². The molecule has 9 heteroatoms. The molecule has 0 rings (SSSR count). The van der Waals surface area contributed by atoms with Crippen molar-refractivity contribution in [2.24, 2.45) is 40.9 Å². The van der Waals surface area contributed by atoms with Gasteiger partial charge in [-0.1, -0.05) is 104 Å². The summed E-state index contributed by atoms with van der Waals surface area (Å²) in [6.45, 7) is 37.3. The van der Waals surface area contributed by atoms with E-state index in [2.05, 4.69) is 34.6 Å². The van der Waals surface area contributed by atoms with Gasteiger partial charge in [-0.3, -0.25) is 0 Å². The Morgan fingerprint density at radius 2 is 0.809 bits per heavy atom. The molecule has 0 saturated carbocycles. The van der Waals surface area contributed by atoms with Crippen LogP contribution in [0.1, 0.15) is 150 Å². The zero-order valence-electron chi connectivity index (χ0n) is 34.8. The lowest BCUT2D eigenvalue weighted by Crippen LogP contribution is -2.15. The molecule has 3 atom stereocenters. The molecular weight excluding hydrogens is 600 g/mol. The molecular formula is C38H92O9. The molecule has 0 saturated heterocycles. The summed E-state index contributed by atoms with van der Waals surface area (Å²) in [4.78, 5) is 0. The van der Waals surface area contributed by atoms with Crippen molar-refractivity contribution in [1.82, 2.24) is 0 Å². The van der Waals surface area contributed by atoms with Crippen LogP contribution < -0.4 is 0 Å². The Hall–Kier alpha value is -0.360. The molecule has 0 aromatic rings. The molecule has 0 radical (unpaired) electrons. The van der Waals surface area contributed by atoms with Gasteiger partial charge in [-0.15, -0.1) is 0 Å². The van der Waals surface area contributed by atoms with Crippen LogP contribution in [0.2, 0.25) is 0 Å². The summed E-state index contributed by atoms with van der Waals surface area (Å²) in [5.74, 6) is 2.76. The van der Waals surface area contributed by atoms with Crippen LogP contribution in [0.25, 0.3) is 0 Å². The molecule has 0 aliphatic carbocycles. The molecule has 3 unspecified atom stereocenters. The molecule has 0 fully saturated rings. The van der Waals surface area contributed by atoms with Gasteiger partial charge < -0.3 is 46.0 Å². The summed E-state index contributed by atoms with van der Waals surface area (Å²) in [7, 11) is 0. The highest BCUT2D eigenvalue weighted by Gasteiger charge is 2.06. The molecule has 0 heterocycles. The highest BCUT2D eigenvalue weighted by molar-refractivity contribution is 4.59. The first kappa shape index (κ1) is 65.1. The van der Waals surface area contributed by atoms with Gasteiger partial charge in [0.1, 0.15) is 0 Å². The molecule has 9 nitrogen and oxygen atoms in total. The Kier molecular flexibility index (Phi) is 66.1. The maximum absolute atomic E-state index is 8.83. The topological polar surface area (TPSA) is 182 Å². The monoisotopic (exact) mass is 693 g/mol. The normalized spacial score (nSPS) is 12.3. The van der Waals surface area contributed by atoms with E-state index in [1.807, 2.05) is 62.3 Å².